The van der Waals surface area contributed by atoms with Crippen LogP contribution < -0.4 is 5.32 Å². The highest BCUT2D eigenvalue weighted by molar-refractivity contribution is 7.89. The summed E-state index contributed by atoms with van der Waals surface area (Å²) in [6.07, 6.45) is 0.957. The van der Waals surface area contributed by atoms with Crippen molar-refractivity contribution in [1.29, 1.82) is 0 Å². The molecular formula is C23H31N3O5S2. The van der Waals surface area contributed by atoms with Crippen LogP contribution in [-0.4, -0.2) is 58.0 Å². The van der Waals surface area contributed by atoms with Crippen molar-refractivity contribution in [2.75, 3.05) is 26.0 Å². The van der Waals surface area contributed by atoms with Crippen molar-refractivity contribution in [3.63, 3.8) is 0 Å². The zero-order valence-electron chi connectivity index (χ0n) is 19.8. The lowest BCUT2D eigenvalue weighted by Crippen LogP contribution is -2.43. The second kappa shape index (κ2) is 9.17. The van der Waals surface area contributed by atoms with E-state index in [0.29, 0.717) is 35.2 Å². The minimum atomic E-state index is -3.89. The fraction of sp³-hybridized carbons (Fsp3) is 0.435. The van der Waals surface area contributed by atoms with Crippen molar-refractivity contribution in [1.82, 2.24) is 8.61 Å². The van der Waals surface area contributed by atoms with Gasteiger partial charge in [-0.15, -0.1) is 0 Å². The SMILES string of the molecule is Cc1cc(C)c(S(=O)(=O)N2CCC[C@H]2C(=O)Nc2cc(S(=O)(=O)N(C)C)ccc2C)c(C)c1. The van der Waals surface area contributed by atoms with E-state index < -0.39 is 32.0 Å². The summed E-state index contributed by atoms with van der Waals surface area (Å²) in [6, 6.07) is 7.29. The molecule has 1 N–H and O–H groups in total. The fourth-order valence-corrected chi connectivity index (χ4v) is 7.30. The molecule has 1 aliphatic heterocycles. The third-order valence-corrected chi connectivity index (χ3v) is 9.95. The lowest BCUT2D eigenvalue weighted by molar-refractivity contribution is -0.119. The molecule has 1 fully saturated rings. The Morgan fingerprint density at radius 1 is 0.970 bits per heavy atom. The number of nitrogens with zero attached hydrogens (tertiary/aromatic N) is 2. The second-order valence-corrected chi connectivity index (χ2v) is 12.7. The Morgan fingerprint density at radius 3 is 2.15 bits per heavy atom. The van der Waals surface area contributed by atoms with Gasteiger partial charge in [-0.2, -0.15) is 4.31 Å². The average Bonchev–Trinajstić information content (AvgIpc) is 3.19. The zero-order valence-corrected chi connectivity index (χ0v) is 21.5. The van der Waals surface area contributed by atoms with E-state index >= 15 is 0 Å². The molecule has 1 heterocycles. The van der Waals surface area contributed by atoms with E-state index in [1.54, 1.807) is 26.8 Å². The van der Waals surface area contributed by atoms with Crippen LogP contribution in [0.5, 0.6) is 0 Å². The van der Waals surface area contributed by atoms with Crippen LogP contribution >= 0.6 is 0 Å². The van der Waals surface area contributed by atoms with Gasteiger partial charge < -0.3 is 5.32 Å². The first-order valence-electron chi connectivity index (χ1n) is 10.7. The molecule has 1 aliphatic rings. The van der Waals surface area contributed by atoms with E-state index in [-0.39, 0.29) is 16.3 Å². The second-order valence-electron chi connectivity index (χ2n) is 8.76. The molecule has 0 bridgehead atoms. The third kappa shape index (κ3) is 4.84. The third-order valence-electron chi connectivity index (χ3n) is 5.92. The van der Waals surface area contributed by atoms with Gasteiger partial charge in [-0.3, -0.25) is 4.79 Å². The Morgan fingerprint density at radius 2 is 1.58 bits per heavy atom. The van der Waals surface area contributed by atoms with E-state index in [9.17, 15) is 21.6 Å². The molecule has 0 saturated carbocycles. The van der Waals surface area contributed by atoms with Crippen LogP contribution in [0.25, 0.3) is 0 Å². The normalized spacial score (nSPS) is 17.5. The summed E-state index contributed by atoms with van der Waals surface area (Å²) in [5.74, 6) is -0.471. The number of amides is 1. The number of hydrogen-bond acceptors (Lipinski definition) is 5. The monoisotopic (exact) mass is 493 g/mol. The van der Waals surface area contributed by atoms with Gasteiger partial charge in [0.1, 0.15) is 6.04 Å². The number of nitrogens with one attached hydrogen (secondary N) is 1. The van der Waals surface area contributed by atoms with Crippen molar-refractivity contribution in [3.8, 4) is 0 Å². The van der Waals surface area contributed by atoms with Gasteiger partial charge in [0, 0.05) is 26.3 Å². The lowest BCUT2D eigenvalue weighted by Gasteiger charge is -2.25. The van der Waals surface area contributed by atoms with Crippen LogP contribution in [0.1, 0.15) is 35.1 Å². The fourth-order valence-electron chi connectivity index (χ4n) is 4.30. The standard InChI is InChI=1S/C23H31N3O5S2/c1-15-12-17(3)22(18(4)13-15)33(30,31)26-11-7-8-21(26)23(27)24-20-14-19(10-9-16(20)2)32(28,29)25(5)6/h9-10,12-14,21H,7-8,11H2,1-6H3,(H,24,27)/t21-/m0/s1. The summed E-state index contributed by atoms with van der Waals surface area (Å²) in [5, 5.41) is 2.77. The zero-order chi connectivity index (χ0) is 24.7. The van der Waals surface area contributed by atoms with Crippen LogP contribution in [0.3, 0.4) is 0 Å². The number of benzene rings is 2. The van der Waals surface area contributed by atoms with Gasteiger partial charge in [-0.25, -0.2) is 21.1 Å². The predicted octanol–water partition coefficient (Wildman–Crippen LogP) is 2.96. The molecule has 0 aromatic heterocycles. The number of sulfonamides is 2. The van der Waals surface area contributed by atoms with Gasteiger partial charge >= 0.3 is 0 Å². The topological polar surface area (TPSA) is 104 Å². The van der Waals surface area contributed by atoms with Crippen LogP contribution in [0.15, 0.2) is 40.1 Å². The summed E-state index contributed by atoms with van der Waals surface area (Å²) < 4.78 is 54.4. The Bertz CT molecular complexity index is 1280. The Balaban J connectivity index is 1.93. The largest absolute Gasteiger partial charge is 0.324 e. The molecule has 180 valence electrons. The summed E-state index contributed by atoms with van der Waals surface area (Å²) in [5.41, 5.74) is 3.29. The number of hydrogen-bond donors (Lipinski definition) is 1. The summed E-state index contributed by atoms with van der Waals surface area (Å²) in [7, 11) is -4.70. The highest BCUT2D eigenvalue weighted by atomic mass is 32.2. The molecule has 3 rings (SSSR count). The summed E-state index contributed by atoms with van der Waals surface area (Å²) in [4.78, 5) is 13.5. The molecule has 0 unspecified atom stereocenters. The van der Waals surface area contributed by atoms with Crippen molar-refractivity contribution in [2.45, 2.75) is 56.4 Å². The minimum Gasteiger partial charge on any atom is -0.324 e. The van der Waals surface area contributed by atoms with Crippen molar-refractivity contribution in [3.05, 3.63) is 52.6 Å². The van der Waals surface area contributed by atoms with Gasteiger partial charge in [0.05, 0.1) is 9.79 Å². The van der Waals surface area contributed by atoms with E-state index in [2.05, 4.69) is 5.32 Å². The van der Waals surface area contributed by atoms with Gasteiger partial charge in [0.25, 0.3) is 0 Å². The van der Waals surface area contributed by atoms with Gasteiger partial charge in [-0.1, -0.05) is 23.8 Å². The van der Waals surface area contributed by atoms with E-state index in [1.165, 1.54) is 30.5 Å². The molecule has 0 radical (unpaired) electrons. The number of anilines is 1. The van der Waals surface area contributed by atoms with Crippen LogP contribution in [-0.2, 0) is 24.8 Å². The maximum absolute atomic E-state index is 13.5. The smallest absolute Gasteiger partial charge is 0.244 e. The molecule has 2 aromatic carbocycles. The molecule has 1 atom stereocenters. The number of carbonyl (C=O) groups is 1. The number of aryl methyl sites for hydroxylation is 4. The molecule has 1 amide bonds. The molecule has 1 saturated heterocycles. The van der Waals surface area contributed by atoms with E-state index in [4.69, 9.17) is 0 Å². The summed E-state index contributed by atoms with van der Waals surface area (Å²) in [6.45, 7) is 7.44. The van der Waals surface area contributed by atoms with Gasteiger partial charge in [0.15, 0.2) is 0 Å². The van der Waals surface area contributed by atoms with Gasteiger partial charge in [-0.05, 0) is 69.4 Å². The van der Waals surface area contributed by atoms with Crippen LogP contribution in [0, 0.1) is 27.7 Å². The molecule has 0 spiro atoms. The Kier molecular flexibility index (Phi) is 7.05. The first-order valence-corrected chi connectivity index (χ1v) is 13.6. The number of carbonyl (C=O) groups excluding carboxylic acids is 1. The van der Waals surface area contributed by atoms with Crippen LogP contribution in [0.4, 0.5) is 5.69 Å². The molecular weight excluding hydrogens is 462 g/mol. The van der Waals surface area contributed by atoms with Crippen molar-refractivity contribution < 1.29 is 21.6 Å². The highest BCUT2D eigenvalue weighted by Gasteiger charge is 2.40. The molecule has 0 aliphatic carbocycles. The maximum Gasteiger partial charge on any atom is 0.244 e. The quantitative estimate of drug-likeness (QED) is 0.666. The molecule has 33 heavy (non-hydrogen) atoms. The molecule has 8 nitrogen and oxygen atoms in total. The van der Waals surface area contributed by atoms with Crippen LogP contribution in [0.2, 0.25) is 0 Å². The first-order chi connectivity index (χ1) is 15.3. The minimum absolute atomic E-state index is 0.0511. The average molecular weight is 494 g/mol. The molecule has 2 aromatic rings. The van der Waals surface area contributed by atoms with E-state index in [1.807, 2.05) is 19.1 Å². The Hall–Kier alpha value is -2.27. The summed E-state index contributed by atoms with van der Waals surface area (Å²) >= 11 is 0. The van der Waals surface area contributed by atoms with Gasteiger partial charge in [0.2, 0.25) is 26.0 Å². The highest BCUT2D eigenvalue weighted by Crippen LogP contribution is 2.31. The van der Waals surface area contributed by atoms with Crippen molar-refractivity contribution >= 4 is 31.6 Å². The predicted molar refractivity (Wildman–Crippen MR) is 128 cm³/mol. The maximum atomic E-state index is 13.5. The first kappa shape index (κ1) is 25.4. The lowest BCUT2D eigenvalue weighted by atomic mass is 10.1. The number of rotatable bonds is 6. The van der Waals surface area contributed by atoms with Crippen molar-refractivity contribution in [2.24, 2.45) is 0 Å². The Labute approximate surface area is 196 Å². The van der Waals surface area contributed by atoms with E-state index in [0.717, 1.165) is 9.87 Å². The molecule has 10 heteroatoms.